The summed E-state index contributed by atoms with van der Waals surface area (Å²) in [7, 11) is 0. The number of carbonyl (C=O) groups excluding carboxylic acids is 1. The first kappa shape index (κ1) is 17.9. The van der Waals surface area contributed by atoms with Crippen molar-refractivity contribution in [2.75, 3.05) is 6.54 Å². The highest BCUT2D eigenvalue weighted by Crippen LogP contribution is 2.21. The van der Waals surface area contributed by atoms with E-state index in [-0.39, 0.29) is 18.6 Å². The topological polar surface area (TPSA) is 74.2 Å². The minimum absolute atomic E-state index is 0.115. The molecule has 128 valence electrons. The third kappa shape index (κ3) is 5.35. The fourth-order valence-electron chi connectivity index (χ4n) is 2.47. The summed E-state index contributed by atoms with van der Waals surface area (Å²) in [5.74, 6) is 0. The zero-order valence-electron chi connectivity index (χ0n) is 14.2. The van der Waals surface area contributed by atoms with Gasteiger partial charge in [-0.15, -0.1) is 0 Å². The standard InChI is InChI=1S/C19H25N3O2/c1-3-5-18(23)13-21-19(24)22-14(2)15-7-9-16(10-8-15)17-6-4-11-20-12-17/h4,6-12,14,18,23H,3,5,13H2,1-2H3,(H2,21,22,24). The number of pyridine rings is 1. The number of aliphatic hydroxyl groups is 1. The van der Waals surface area contributed by atoms with Crippen molar-refractivity contribution in [1.82, 2.24) is 15.6 Å². The first-order valence-corrected chi connectivity index (χ1v) is 8.33. The number of hydrogen-bond acceptors (Lipinski definition) is 3. The molecule has 0 bridgehead atoms. The molecule has 1 heterocycles. The quantitative estimate of drug-likeness (QED) is 0.730. The van der Waals surface area contributed by atoms with E-state index in [0.29, 0.717) is 6.42 Å². The van der Waals surface area contributed by atoms with Crippen LogP contribution in [0.1, 0.15) is 38.3 Å². The van der Waals surface area contributed by atoms with Crippen LogP contribution in [0, 0.1) is 0 Å². The molecule has 2 atom stereocenters. The van der Waals surface area contributed by atoms with Crippen molar-refractivity contribution in [3.8, 4) is 11.1 Å². The molecule has 3 N–H and O–H groups in total. The number of urea groups is 1. The second-order valence-electron chi connectivity index (χ2n) is 5.88. The van der Waals surface area contributed by atoms with E-state index in [1.54, 1.807) is 6.20 Å². The van der Waals surface area contributed by atoms with Gasteiger partial charge in [-0.2, -0.15) is 0 Å². The molecule has 0 aliphatic carbocycles. The van der Waals surface area contributed by atoms with Crippen LogP contribution in [0.4, 0.5) is 4.79 Å². The molecular formula is C19H25N3O2. The van der Waals surface area contributed by atoms with E-state index in [0.717, 1.165) is 23.1 Å². The summed E-state index contributed by atoms with van der Waals surface area (Å²) in [6, 6.07) is 11.6. The highest BCUT2D eigenvalue weighted by Gasteiger charge is 2.11. The van der Waals surface area contributed by atoms with Crippen molar-refractivity contribution in [2.45, 2.75) is 38.8 Å². The SMILES string of the molecule is CCCC(O)CNC(=O)NC(C)c1ccc(-c2cccnc2)cc1. The molecule has 5 heteroatoms. The molecule has 5 nitrogen and oxygen atoms in total. The molecular weight excluding hydrogens is 302 g/mol. The number of benzene rings is 1. The Morgan fingerprint density at radius 2 is 1.96 bits per heavy atom. The van der Waals surface area contributed by atoms with E-state index < -0.39 is 6.10 Å². The van der Waals surface area contributed by atoms with Crippen LogP contribution >= 0.6 is 0 Å². The van der Waals surface area contributed by atoms with Gasteiger partial charge < -0.3 is 15.7 Å². The molecule has 0 saturated carbocycles. The monoisotopic (exact) mass is 327 g/mol. The molecule has 2 aromatic rings. The summed E-state index contributed by atoms with van der Waals surface area (Å²) in [6.45, 7) is 4.20. The minimum atomic E-state index is -0.491. The molecule has 2 rings (SSSR count). The van der Waals surface area contributed by atoms with E-state index in [9.17, 15) is 9.90 Å². The molecule has 0 fully saturated rings. The third-order valence-corrected chi connectivity index (χ3v) is 3.87. The van der Waals surface area contributed by atoms with Gasteiger partial charge in [0, 0.05) is 18.9 Å². The molecule has 0 spiro atoms. The number of aromatic nitrogens is 1. The van der Waals surface area contributed by atoms with Crippen LogP contribution in [-0.4, -0.2) is 28.8 Å². The second kappa shape index (κ2) is 9.03. The number of amides is 2. The zero-order valence-corrected chi connectivity index (χ0v) is 14.2. The number of rotatable bonds is 7. The van der Waals surface area contributed by atoms with Gasteiger partial charge in [-0.05, 0) is 36.1 Å². The average molecular weight is 327 g/mol. The van der Waals surface area contributed by atoms with Crippen molar-refractivity contribution < 1.29 is 9.90 Å². The van der Waals surface area contributed by atoms with Crippen molar-refractivity contribution in [1.29, 1.82) is 0 Å². The van der Waals surface area contributed by atoms with Gasteiger partial charge in [0.1, 0.15) is 0 Å². The molecule has 1 aromatic carbocycles. The Bertz CT molecular complexity index is 629. The molecule has 0 radical (unpaired) electrons. The van der Waals surface area contributed by atoms with Gasteiger partial charge in [-0.3, -0.25) is 4.98 Å². The van der Waals surface area contributed by atoms with E-state index in [1.807, 2.05) is 56.4 Å². The smallest absolute Gasteiger partial charge is 0.315 e. The van der Waals surface area contributed by atoms with Crippen LogP contribution in [0.15, 0.2) is 48.8 Å². The molecule has 2 amide bonds. The van der Waals surface area contributed by atoms with Crippen molar-refractivity contribution in [3.05, 3.63) is 54.4 Å². The molecule has 2 unspecified atom stereocenters. The maximum atomic E-state index is 11.9. The van der Waals surface area contributed by atoms with Crippen LogP contribution < -0.4 is 10.6 Å². The van der Waals surface area contributed by atoms with Crippen molar-refractivity contribution in [3.63, 3.8) is 0 Å². The van der Waals surface area contributed by atoms with Gasteiger partial charge in [0.2, 0.25) is 0 Å². The summed E-state index contributed by atoms with van der Waals surface area (Å²) in [4.78, 5) is 16.0. The molecule has 0 aliphatic rings. The molecule has 24 heavy (non-hydrogen) atoms. The van der Waals surface area contributed by atoms with Crippen LogP contribution in [0.5, 0.6) is 0 Å². The Hall–Kier alpha value is -2.40. The lowest BCUT2D eigenvalue weighted by Crippen LogP contribution is -2.40. The fraction of sp³-hybridized carbons (Fsp3) is 0.368. The van der Waals surface area contributed by atoms with Crippen LogP contribution in [0.3, 0.4) is 0 Å². The number of nitrogens with zero attached hydrogens (tertiary/aromatic N) is 1. The first-order chi connectivity index (χ1) is 11.6. The van der Waals surface area contributed by atoms with E-state index in [4.69, 9.17) is 0 Å². The van der Waals surface area contributed by atoms with Crippen molar-refractivity contribution >= 4 is 6.03 Å². The van der Waals surface area contributed by atoms with Crippen LogP contribution in [0.25, 0.3) is 11.1 Å². The Morgan fingerprint density at radius 1 is 1.21 bits per heavy atom. The summed E-state index contributed by atoms with van der Waals surface area (Å²) in [5, 5.41) is 15.2. The largest absolute Gasteiger partial charge is 0.391 e. The summed E-state index contributed by atoms with van der Waals surface area (Å²) in [5.41, 5.74) is 3.17. The van der Waals surface area contributed by atoms with Crippen LogP contribution in [0.2, 0.25) is 0 Å². The van der Waals surface area contributed by atoms with Gasteiger partial charge in [0.15, 0.2) is 0 Å². The Labute approximate surface area is 143 Å². The summed E-state index contributed by atoms with van der Waals surface area (Å²) >= 11 is 0. The summed E-state index contributed by atoms with van der Waals surface area (Å²) < 4.78 is 0. The second-order valence-corrected chi connectivity index (χ2v) is 5.88. The Kier molecular flexibility index (Phi) is 6.75. The van der Waals surface area contributed by atoms with E-state index in [2.05, 4.69) is 15.6 Å². The average Bonchev–Trinajstić information content (AvgIpc) is 2.61. The Morgan fingerprint density at radius 3 is 2.58 bits per heavy atom. The van der Waals surface area contributed by atoms with E-state index >= 15 is 0 Å². The number of nitrogens with one attached hydrogen (secondary N) is 2. The van der Waals surface area contributed by atoms with Gasteiger partial charge in [0.05, 0.1) is 12.1 Å². The predicted octanol–water partition coefficient (Wildman–Crippen LogP) is 3.27. The fourth-order valence-corrected chi connectivity index (χ4v) is 2.47. The highest BCUT2D eigenvalue weighted by molar-refractivity contribution is 5.74. The maximum absolute atomic E-state index is 11.9. The lowest BCUT2D eigenvalue weighted by molar-refractivity contribution is 0.160. The first-order valence-electron chi connectivity index (χ1n) is 8.33. The van der Waals surface area contributed by atoms with Crippen molar-refractivity contribution in [2.24, 2.45) is 0 Å². The van der Waals surface area contributed by atoms with Gasteiger partial charge >= 0.3 is 6.03 Å². The third-order valence-electron chi connectivity index (χ3n) is 3.87. The summed E-state index contributed by atoms with van der Waals surface area (Å²) in [6.07, 6.45) is 4.66. The van der Waals surface area contributed by atoms with Gasteiger partial charge in [0.25, 0.3) is 0 Å². The number of carbonyl (C=O) groups is 1. The number of aliphatic hydroxyl groups excluding tert-OH is 1. The Balaban J connectivity index is 1.88. The molecule has 0 aliphatic heterocycles. The maximum Gasteiger partial charge on any atom is 0.315 e. The highest BCUT2D eigenvalue weighted by atomic mass is 16.3. The molecule has 1 aromatic heterocycles. The number of hydrogen-bond donors (Lipinski definition) is 3. The van der Waals surface area contributed by atoms with E-state index in [1.165, 1.54) is 0 Å². The minimum Gasteiger partial charge on any atom is -0.391 e. The lowest BCUT2D eigenvalue weighted by Gasteiger charge is -2.17. The molecule has 0 saturated heterocycles. The van der Waals surface area contributed by atoms with Gasteiger partial charge in [-0.25, -0.2) is 4.79 Å². The zero-order chi connectivity index (χ0) is 17.4. The normalized spacial score (nSPS) is 13.1. The van der Waals surface area contributed by atoms with Crippen LogP contribution in [-0.2, 0) is 0 Å². The predicted molar refractivity (Wildman–Crippen MR) is 95.5 cm³/mol. The van der Waals surface area contributed by atoms with Gasteiger partial charge in [-0.1, -0.05) is 43.7 Å². The lowest BCUT2D eigenvalue weighted by atomic mass is 10.0.